The van der Waals surface area contributed by atoms with E-state index in [2.05, 4.69) is 20.9 Å². The fourth-order valence-electron chi connectivity index (χ4n) is 3.51. The number of alkyl halides is 3. The lowest BCUT2D eigenvalue weighted by Gasteiger charge is -2.22. The molecule has 1 amide bonds. The van der Waals surface area contributed by atoms with E-state index in [0.717, 1.165) is 20.8 Å². The number of anilines is 1. The highest BCUT2D eigenvalue weighted by atomic mass is 79.9. The minimum absolute atomic E-state index is 0.120. The van der Waals surface area contributed by atoms with Crippen LogP contribution in [-0.4, -0.2) is 23.6 Å². The molecule has 1 heterocycles. The van der Waals surface area contributed by atoms with Crippen LogP contribution in [0.2, 0.25) is 0 Å². The van der Waals surface area contributed by atoms with Crippen molar-refractivity contribution in [2.24, 2.45) is 0 Å². The molecule has 0 aliphatic heterocycles. The van der Waals surface area contributed by atoms with E-state index < -0.39 is 12.1 Å². The van der Waals surface area contributed by atoms with E-state index >= 15 is 0 Å². The number of hydrogen-bond donors (Lipinski definition) is 0. The fraction of sp³-hybridized carbons (Fsp3) is 0.182. The molecule has 0 radical (unpaired) electrons. The Morgan fingerprint density at radius 2 is 1.83 bits per heavy atom. The molecule has 0 fully saturated rings. The second-order valence-corrected chi connectivity index (χ2v) is 7.67. The van der Waals surface area contributed by atoms with Gasteiger partial charge in [0.25, 0.3) is 0 Å². The van der Waals surface area contributed by atoms with Crippen LogP contribution in [0.25, 0.3) is 33.3 Å². The number of rotatable bonds is 3. The molecule has 0 bridgehead atoms. The summed E-state index contributed by atoms with van der Waals surface area (Å²) in [6.45, 7) is 3.09. The first-order valence-corrected chi connectivity index (χ1v) is 9.97. The van der Waals surface area contributed by atoms with E-state index in [1.807, 2.05) is 36.4 Å². The van der Waals surface area contributed by atoms with Gasteiger partial charge in [-0.1, -0.05) is 40.2 Å². The molecule has 8 heteroatoms. The first kappa shape index (κ1) is 20.4. The smallest absolute Gasteiger partial charge is 0.436 e. The minimum Gasteiger partial charge on any atom is -0.436 e. The Morgan fingerprint density at radius 3 is 2.53 bits per heavy atom. The van der Waals surface area contributed by atoms with Gasteiger partial charge in [-0.15, -0.1) is 0 Å². The zero-order valence-electron chi connectivity index (χ0n) is 16.0. The van der Waals surface area contributed by atoms with Gasteiger partial charge in [-0.3, -0.25) is 4.79 Å². The Kier molecular flexibility index (Phi) is 5.05. The normalized spacial score (nSPS) is 11.9. The monoisotopic (exact) mass is 476 g/mol. The van der Waals surface area contributed by atoms with Gasteiger partial charge in [0.1, 0.15) is 5.52 Å². The van der Waals surface area contributed by atoms with Gasteiger partial charge in [0.2, 0.25) is 5.89 Å². The van der Waals surface area contributed by atoms with Crippen LogP contribution in [0, 0.1) is 6.92 Å². The Labute approximate surface area is 178 Å². The molecular formula is C22H16BrF3N2O2. The van der Waals surface area contributed by atoms with Crippen LogP contribution >= 0.6 is 15.9 Å². The largest absolute Gasteiger partial charge is 0.471 e. The number of oxazole rings is 1. The number of aryl methyl sites for hydroxylation is 1. The summed E-state index contributed by atoms with van der Waals surface area (Å²) >= 11 is 3.53. The van der Waals surface area contributed by atoms with Crippen molar-refractivity contribution in [3.63, 3.8) is 0 Å². The maximum absolute atomic E-state index is 13.0. The third-order valence-corrected chi connectivity index (χ3v) is 5.57. The minimum atomic E-state index is -4.95. The molecule has 0 N–H and O–H groups in total. The number of halogens is 4. The van der Waals surface area contributed by atoms with Crippen LogP contribution in [-0.2, 0) is 4.79 Å². The average molecular weight is 477 g/mol. The average Bonchev–Trinajstić information content (AvgIpc) is 3.12. The number of benzene rings is 3. The van der Waals surface area contributed by atoms with Gasteiger partial charge >= 0.3 is 12.1 Å². The van der Waals surface area contributed by atoms with E-state index in [4.69, 9.17) is 4.42 Å². The molecule has 0 spiro atoms. The SMILES string of the molecule is CCN(C(=O)C(F)(F)F)c1cc(C)c2oc(-c3cccc4c(Br)cccc34)nc2c1. The van der Waals surface area contributed by atoms with E-state index in [1.165, 1.54) is 19.1 Å². The molecule has 0 aliphatic rings. The zero-order chi connectivity index (χ0) is 21.6. The maximum Gasteiger partial charge on any atom is 0.471 e. The molecule has 1 aromatic heterocycles. The van der Waals surface area contributed by atoms with Crippen LogP contribution < -0.4 is 4.90 Å². The van der Waals surface area contributed by atoms with Crippen LogP contribution in [0.15, 0.2) is 57.4 Å². The maximum atomic E-state index is 13.0. The number of carbonyl (C=O) groups excluding carboxylic acids is 1. The third-order valence-electron chi connectivity index (χ3n) is 4.88. The molecule has 0 saturated heterocycles. The molecule has 30 heavy (non-hydrogen) atoms. The van der Waals surface area contributed by atoms with Crippen LogP contribution in [0.3, 0.4) is 0 Å². The van der Waals surface area contributed by atoms with Crippen molar-refractivity contribution in [1.29, 1.82) is 0 Å². The second kappa shape index (κ2) is 7.43. The molecule has 0 aliphatic carbocycles. The third kappa shape index (κ3) is 3.45. The first-order chi connectivity index (χ1) is 14.2. The molecule has 3 aromatic carbocycles. The molecule has 4 nitrogen and oxygen atoms in total. The molecule has 0 saturated carbocycles. The summed E-state index contributed by atoms with van der Waals surface area (Å²) in [4.78, 5) is 17.0. The number of hydrogen-bond acceptors (Lipinski definition) is 3. The van der Waals surface area contributed by atoms with Gasteiger partial charge in [0.05, 0.1) is 0 Å². The second-order valence-electron chi connectivity index (χ2n) is 6.82. The molecule has 4 rings (SSSR count). The summed E-state index contributed by atoms with van der Waals surface area (Å²) in [6.07, 6.45) is -4.95. The van der Waals surface area contributed by atoms with Crippen LogP contribution in [0.4, 0.5) is 18.9 Å². The van der Waals surface area contributed by atoms with Gasteiger partial charge in [0, 0.05) is 22.3 Å². The lowest BCUT2D eigenvalue weighted by atomic mass is 10.0. The Bertz CT molecular complexity index is 1280. The van der Waals surface area contributed by atoms with Crippen molar-refractivity contribution in [3.8, 4) is 11.5 Å². The Hall–Kier alpha value is -2.87. The van der Waals surface area contributed by atoms with Gasteiger partial charge in [-0.05, 0) is 54.4 Å². The standard InChI is InChI=1S/C22H16BrF3N2O2/c1-3-28(21(29)22(24,25)26)13-10-12(2)19-18(11-13)27-20(30-19)16-8-4-7-15-14(16)6-5-9-17(15)23/h4-11H,3H2,1-2H3. The van der Waals surface area contributed by atoms with Gasteiger partial charge in [-0.2, -0.15) is 13.2 Å². The van der Waals surface area contributed by atoms with Crippen molar-refractivity contribution in [1.82, 2.24) is 4.98 Å². The summed E-state index contributed by atoms with van der Waals surface area (Å²) in [5.74, 6) is -1.55. The molecule has 0 unspecified atom stereocenters. The highest BCUT2D eigenvalue weighted by Gasteiger charge is 2.42. The van der Waals surface area contributed by atoms with Crippen molar-refractivity contribution < 1.29 is 22.4 Å². The number of nitrogens with zero attached hydrogens (tertiary/aromatic N) is 2. The zero-order valence-corrected chi connectivity index (χ0v) is 17.6. The van der Waals surface area contributed by atoms with Crippen molar-refractivity contribution in [3.05, 3.63) is 58.6 Å². The lowest BCUT2D eigenvalue weighted by Crippen LogP contribution is -2.41. The van der Waals surface area contributed by atoms with Gasteiger partial charge in [0.15, 0.2) is 5.58 Å². The van der Waals surface area contributed by atoms with Crippen molar-refractivity contribution >= 4 is 49.4 Å². The Morgan fingerprint density at radius 1 is 1.13 bits per heavy atom. The summed E-state index contributed by atoms with van der Waals surface area (Å²) in [6, 6.07) is 14.5. The summed E-state index contributed by atoms with van der Waals surface area (Å²) in [7, 11) is 0. The molecule has 0 atom stereocenters. The Balaban J connectivity index is 1.86. The van der Waals surface area contributed by atoms with E-state index in [0.29, 0.717) is 27.5 Å². The van der Waals surface area contributed by atoms with Gasteiger partial charge < -0.3 is 9.32 Å². The van der Waals surface area contributed by atoms with Crippen molar-refractivity contribution in [2.75, 3.05) is 11.4 Å². The molecule has 4 aromatic rings. The van der Waals surface area contributed by atoms with E-state index in [1.54, 1.807) is 6.92 Å². The quantitative estimate of drug-likeness (QED) is 0.333. The predicted molar refractivity (Wildman–Crippen MR) is 113 cm³/mol. The summed E-state index contributed by atoms with van der Waals surface area (Å²) < 4.78 is 45.8. The van der Waals surface area contributed by atoms with E-state index in [9.17, 15) is 18.0 Å². The first-order valence-electron chi connectivity index (χ1n) is 9.18. The van der Waals surface area contributed by atoms with Crippen LogP contribution in [0.5, 0.6) is 0 Å². The van der Waals surface area contributed by atoms with Gasteiger partial charge in [-0.25, -0.2) is 4.98 Å². The molecule has 154 valence electrons. The van der Waals surface area contributed by atoms with E-state index in [-0.39, 0.29) is 12.2 Å². The number of amides is 1. The lowest BCUT2D eigenvalue weighted by molar-refractivity contribution is -0.170. The fourth-order valence-corrected chi connectivity index (χ4v) is 4.01. The predicted octanol–water partition coefficient (Wildman–Crippen LogP) is 6.63. The number of fused-ring (bicyclic) bond motifs is 2. The van der Waals surface area contributed by atoms with Crippen LogP contribution in [0.1, 0.15) is 12.5 Å². The number of carbonyl (C=O) groups is 1. The summed E-state index contributed by atoms with van der Waals surface area (Å²) in [5.41, 5.74) is 2.35. The van der Waals surface area contributed by atoms with Crippen molar-refractivity contribution in [2.45, 2.75) is 20.0 Å². The topological polar surface area (TPSA) is 46.3 Å². The highest BCUT2D eigenvalue weighted by Crippen LogP contribution is 2.36. The highest BCUT2D eigenvalue weighted by molar-refractivity contribution is 9.10. The molecular weight excluding hydrogens is 461 g/mol. The number of aromatic nitrogens is 1. The summed E-state index contributed by atoms with van der Waals surface area (Å²) in [5, 5.41) is 1.92.